The average Bonchev–Trinajstić information content (AvgIpc) is 2.46. The number of methoxy groups -OCH3 is 1. The molecule has 104 valence electrons. The van der Waals surface area contributed by atoms with Gasteiger partial charge in [-0.05, 0) is 19.1 Å². The summed E-state index contributed by atoms with van der Waals surface area (Å²) < 4.78 is 5.22. The van der Waals surface area contributed by atoms with Gasteiger partial charge in [0.1, 0.15) is 11.8 Å². The largest absolute Gasteiger partial charge is 0.497 e. The highest BCUT2D eigenvalue weighted by Gasteiger charge is 2.25. The first-order chi connectivity index (χ1) is 9.11. The first-order valence-corrected chi connectivity index (χ1v) is 6.47. The summed E-state index contributed by atoms with van der Waals surface area (Å²) >= 11 is 0. The Morgan fingerprint density at radius 3 is 2.58 bits per heavy atom. The van der Waals surface area contributed by atoms with Crippen LogP contribution in [0.25, 0.3) is 0 Å². The third-order valence-electron chi connectivity index (χ3n) is 3.64. The molecule has 1 heterocycles. The Balaban J connectivity index is 1.97. The van der Waals surface area contributed by atoms with E-state index in [1.807, 2.05) is 23.1 Å². The van der Waals surface area contributed by atoms with Crippen LogP contribution in [-0.2, 0) is 4.79 Å². The van der Waals surface area contributed by atoms with Gasteiger partial charge in [-0.2, -0.15) is 0 Å². The number of carboxylic acid groups (broad SMARTS) is 1. The van der Waals surface area contributed by atoms with E-state index in [2.05, 4.69) is 11.0 Å². The fraction of sp³-hybridized carbons (Fsp3) is 0.500. The Morgan fingerprint density at radius 1 is 1.32 bits per heavy atom. The van der Waals surface area contributed by atoms with Gasteiger partial charge in [0.15, 0.2) is 0 Å². The Labute approximate surface area is 113 Å². The van der Waals surface area contributed by atoms with Crippen LogP contribution in [0.5, 0.6) is 5.75 Å². The topological polar surface area (TPSA) is 53.0 Å². The smallest absolute Gasteiger partial charge is 0.320 e. The van der Waals surface area contributed by atoms with Crippen LogP contribution >= 0.6 is 0 Å². The second-order valence-corrected chi connectivity index (χ2v) is 4.74. The van der Waals surface area contributed by atoms with E-state index in [0.29, 0.717) is 0 Å². The number of ether oxygens (including phenoxy) is 1. The molecule has 19 heavy (non-hydrogen) atoms. The van der Waals surface area contributed by atoms with Crippen LogP contribution < -0.4 is 9.64 Å². The lowest BCUT2D eigenvalue weighted by atomic mass is 10.2. The summed E-state index contributed by atoms with van der Waals surface area (Å²) in [4.78, 5) is 15.2. The number of aliphatic carboxylic acids is 1. The fourth-order valence-electron chi connectivity index (χ4n) is 2.33. The molecule has 0 amide bonds. The SMILES string of the molecule is COc1cccc(N2CCN(C(C)C(=O)O)CC2)c1. The maximum atomic E-state index is 11.0. The van der Waals surface area contributed by atoms with Crippen molar-refractivity contribution in [3.63, 3.8) is 0 Å². The zero-order chi connectivity index (χ0) is 13.8. The Hall–Kier alpha value is -1.75. The second kappa shape index (κ2) is 5.93. The number of nitrogens with zero attached hydrogens (tertiary/aromatic N) is 2. The van der Waals surface area contributed by atoms with Gasteiger partial charge in [0.25, 0.3) is 0 Å². The van der Waals surface area contributed by atoms with Crippen LogP contribution in [0.3, 0.4) is 0 Å². The van der Waals surface area contributed by atoms with Gasteiger partial charge >= 0.3 is 5.97 Å². The molecule has 5 nitrogen and oxygen atoms in total. The van der Waals surface area contributed by atoms with Crippen molar-refractivity contribution in [3.05, 3.63) is 24.3 Å². The van der Waals surface area contributed by atoms with Gasteiger partial charge in [-0.3, -0.25) is 9.69 Å². The molecule has 2 rings (SSSR count). The van der Waals surface area contributed by atoms with E-state index in [9.17, 15) is 4.79 Å². The number of rotatable bonds is 4. The predicted octanol–water partition coefficient (Wildman–Crippen LogP) is 1.29. The van der Waals surface area contributed by atoms with Crippen LogP contribution in [0, 0.1) is 0 Å². The number of hydrogen-bond donors (Lipinski definition) is 1. The molecule has 0 saturated carbocycles. The Bertz CT molecular complexity index is 442. The first kappa shape index (κ1) is 13.7. The highest BCUT2D eigenvalue weighted by Crippen LogP contribution is 2.22. The van der Waals surface area contributed by atoms with E-state index in [1.165, 1.54) is 0 Å². The third kappa shape index (κ3) is 3.17. The molecule has 1 aliphatic heterocycles. The highest BCUT2D eigenvalue weighted by molar-refractivity contribution is 5.73. The van der Waals surface area contributed by atoms with E-state index in [1.54, 1.807) is 14.0 Å². The van der Waals surface area contributed by atoms with Crippen molar-refractivity contribution in [3.8, 4) is 5.75 Å². The number of anilines is 1. The normalized spacial score (nSPS) is 18.1. The maximum Gasteiger partial charge on any atom is 0.320 e. The summed E-state index contributed by atoms with van der Waals surface area (Å²) in [7, 11) is 1.66. The summed E-state index contributed by atoms with van der Waals surface area (Å²) in [6.45, 7) is 4.95. The molecule has 0 spiro atoms. The van der Waals surface area contributed by atoms with Gasteiger partial charge in [0, 0.05) is 37.9 Å². The molecule has 0 radical (unpaired) electrons. The van der Waals surface area contributed by atoms with Crippen LogP contribution in [0.4, 0.5) is 5.69 Å². The Kier molecular flexibility index (Phi) is 4.27. The van der Waals surface area contributed by atoms with E-state index < -0.39 is 12.0 Å². The molecule has 1 saturated heterocycles. The average molecular weight is 264 g/mol. The molecule has 0 bridgehead atoms. The van der Waals surface area contributed by atoms with Crippen LogP contribution in [0.2, 0.25) is 0 Å². The second-order valence-electron chi connectivity index (χ2n) is 4.74. The predicted molar refractivity (Wildman–Crippen MR) is 73.9 cm³/mol. The van der Waals surface area contributed by atoms with Crippen molar-refractivity contribution < 1.29 is 14.6 Å². The molecule has 1 aromatic carbocycles. The number of hydrogen-bond acceptors (Lipinski definition) is 4. The molecule has 1 atom stereocenters. The quantitative estimate of drug-likeness (QED) is 0.888. The van der Waals surface area contributed by atoms with Crippen LogP contribution in [0.1, 0.15) is 6.92 Å². The number of benzene rings is 1. The lowest BCUT2D eigenvalue weighted by molar-refractivity contribution is -0.142. The monoisotopic (exact) mass is 264 g/mol. The van der Waals surface area contributed by atoms with Crippen molar-refractivity contribution in [1.29, 1.82) is 0 Å². The standard InChI is InChI=1S/C14H20N2O3/c1-11(14(17)18)15-6-8-16(9-7-15)12-4-3-5-13(10-12)19-2/h3-5,10-11H,6-9H2,1-2H3,(H,17,18). The van der Waals surface area contributed by atoms with Crippen LogP contribution in [-0.4, -0.2) is 55.3 Å². The van der Waals surface area contributed by atoms with Gasteiger partial charge in [-0.1, -0.05) is 6.07 Å². The molecule has 1 aromatic rings. The molecular weight excluding hydrogens is 244 g/mol. The molecule has 0 aliphatic carbocycles. The van der Waals surface area contributed by atoms with Crippen molar-refractivity contribution in [2.24, 2.45) is 0 Å². The van der Waals surface area contributed by atoms with Crippen molar-refractivity contribution >= 4 is 11.7 Å². The zero-order valence-corrected chi connectivity index (χ0v) is 11.4. The summed E-state index contributed by atoms with van der Waals surface area (Å²) in [5, 5.41) is 9.01. The highest BCUT2D eigenvalue weighted by atomic mass is 16.5. The lowest BCUT2D eigenvalue weighted by Gasteiger charge is -2.37. The minimum atomic E-state index is -0.755. The summed E-state index contributed by atoms with van der Waals surface area (Å²) in [5.41, 5.74) is 1.13. The van der Waals surface area contributed by atoms with Gasteiger partial charge in [0.05, 0.1) is 7.11 Å². The number of carboxylic acids is 1. The Morgan fingerprint density at radius 2 is 2.00 bits per heavy atom. The van der Waals surface area contributed by atoms with Gasteiger partial charge < -0.3 is 14.7 Å². The lowest BCUT2D eigenvalue weighted by Crippen LogP contribution is -2.51. The first-order valence-electron chi connectivity index (χ1n) is 6.47. The molecule has 1 fully saturated rings. The van der Waals surface area contributed by atoms with Crippen molar-refractivity contribution in [2.45, 2.75) is 13.0 Å². The molecule has 0 aromatic heterocycles. The third-order valence-corrected chi connectivity index (χ3v) is 3.64. The summed E-state index contributed by atoms with van der Waals surface area (Å²) in [6.07, 6.45) is 0. The zero-order valence-electron chi connectivity index (χ0n) is 11.4. The van der Waals surface area contributed by atoms with E-state index in [0.717, 1.165) is 37.6 Å². The van der Waals surface area contributed by atoms with Crippen molar-refractivity contribution in [1.82, 2.24) is 4.90 Å². The number of piperazine rings is 1. The summed E-state index contributed by atoms with van der Waals surface area (Å²) in [6, 6.07) is 7.55. The van der Waals surface area contributed by atoms with E-state index in [-0.39, 0.29) is 0 Å². The van der Waals surface area contributed by atoms with Gasteiger partial charge in [-0.15, -0.1) is 0 Å². The van der Waals surface area contributed by atoms with Gasteiger partial charge in [-0.25, -0.2) is 0 Å². The van der Waals surface area contributed by atoms with E-state index in [4.69, 9.17) is 9.84 Å². The molecular formula is C14H20N2O3. The van der Waals surface area contributed by atoms with E-state index >= 15 is 0 Å². The molecule has 1 aliphatic rings. The molecule has 1 N–H and O–H groups in total. The maximum absolute atomic E-state index is 11.0. The fourth-order valence-corrected chi connectivity index (χ4v) is 2.33. The van der Waals surface area contributed by atoms with Crippen molar-refractivity contribution in [2.75, 3.05) is 38.2 Å². The summed E-state index contributed by atoms with van der Waals surface area (Å²) in [5.74, 6) is 0.0914. The molecule has 5 heteroatoms. The minimum absolute atomic E-state index is 0.410. The minimum Gasteiger partial charge on any atom is -0.497 e. The number of carbonyl (C=O) groups is 1. The van der Waals surface area contributed by atoms with Gasteiger partial charge in [0.2, 0.25) is 0 Å². The molecule has 1 unspecified atom stereocenters. The van der Waals surface area contributed by atoms with Crippen LogP contribution in [0.15, 0.2) is 24.3 Å².